The molecule has 1 aromatic heterocycles. The normalized spacial score (nSPS) is 10.6. The Labute approximate surface area is 84.7 Å². The fourth-order valence-electron chi connectivity index (χ4n) is 0.818. The van der Waals surface area contributed by atoms with Gasteiger partial charge in [0.1, 0.15) is 10.2 Å². The Bertz CT molecular complexity index is 383. The van der Waals surface area contributed by atoms with Gasteiger partial charge < -0.3 is 5.11 Å². The lowest BCUT2D eigenvalue weighted by Crippen LogP contribution is -2.06. The zero-order valence-electron chi connectivity index (χ0n) is 6.47. The summed E-state index contributed by atoms with van der Waals surface area (Å²) in [5.74, 6) is -3.10. The maximum absolute atomic E-state index is 13.1. The Balaban J connectivity index is 3.41. The summed E-state index contributed by atoms with van der Waals surface area (Å²) in [5.41, 5.74) is -1.91. The van der Waals surface area contributed by atoms with Gasteiger partial charge in [0.2, 0.25) is 0 Å². The first-order valence-corrected chi connectivity index (χ1v) is 4.09. The lowest BCUT2D eigenvalue weighted by atomic mass is 10.2. The summed E-state index contributed by atoms with van der Waals surface area (Å²) in [5, 5.41) is 8.42. The number of halogens is 4. The monoisotopic (exact) mass is 269 g/mol. The standard InChI is InChI=1S/C7H3BrF3NO2/c8-5-3(6(10)11)4(9)2(1-12-5)7(13)14/h1,6H,(H,13,14). The van der Waals surface area contributed by atoms with Gasteiger partial charge in [-0.25, -0.2) is 22.9 Å². The third-order valence-corrected chi connectivity index (χ3v) is 2.08. The van der Waals surface area contributed by atoms with Crippen LogP contribution in [-0.2, 0) is 0 Å². The largest absolute Gasteiger partial charge is 0.478 e. The van der Waals surface area contributed by atoms with Crippen LogP contribution in [0.25, 0.3) is 0 Å². The highest BCUT2D eigenvalue weighted by atomic mass is 79.9. The van der Waals surface area contributed by atoms with Crippen LogP contribution in [0.3, 0.4) is 0 Å². The number of aromatic nitrogens is 1. The molecule has 0 spiro atoms. The van der Waals surface area contributed by atoms with Crippen molar-refractivity contribution in [3.05, 3.63) is 27.7 Å². The third kappa shape index (κ3) is 1.87. The maximum Gasteiger partial charge on any atom is 0.340 e. The summed E-state index contributed by atoms with van der Waals surface area (Å²) in [4.78, 5) is 13.7. The molecule has 0 atom stereocenters. The molecular weight excluding hydrogens is 267 g/mol. The van der Waals surface area contributed by atoms with E-state index in [1.54, 1.807) is 0 Å². The molecule has 3 nitrogen and oxygen atoms in total. The molecule has 1 rings (SSSR count). The average molecular weight is 270 g/mol. The molecule has 0 fully saturated rings. The Kier molecular flexibility index (Phi) is 3.10. The second kappa shape index (κ2) is 3.95. The van der Waals surface area contributed by atoms with E-state index in [4.69, 9.17) is 5.11 Å². The van der Waals surface area contributed by atoms with Crippen molar-refractivity contribution in [1.82, 2.24) is 4.98 Å². The van der Waals surface area contributed by atoms with Crippen molar-refractivity contribution < 1.29 is 23.1 Å². The number of pyridine rings is 1. The highest BCUT2D eigenvalue weighted by Gasteiger charge is 2.24. The summed E-state index contributed by atoms with van der Waals surface area (Å²) in [7, 11) is 0. The summed E-state index contributed by atoms with van der Waals surface area (Å²) < 4.78 is 37.2. The van der Waals surface area contributed by atoms with Crippen LogP contribution in [0.4, 0.5) is 13.2 Å². The molecule has 1 aromatic rings. The minimum Gasteiger partial charge on any atom is -0.478 e. The zero-order chi connectivity index (χ0) is 10.9. The maximum atomic E-state index is 13.1. The Morgan fingerprint density at radius 3 is 2.57 bits per heavy atom. The van der Waals surface area contributed by atoms with Crippen molar-refractivity contribution >= 4 is 21.9 Å². The molecular formula is C7H3BrF3NO2. The van der Waals surface area contributed by atoms with Crippen LogP contribution in [-0.4, -0.2) is 16.1 Å². The Hall–Kier alpha value is -1.11. The van der Waals surface area contributed by atoms with Gasteiger partial charge in [-0.1, -0.05) is 0 Å². The number of nitrogens with zero attached hydrogens (tertiary/aromatic N) is 1. The molecule has 1 heterocycles. The predicted molar refractivity (Wildman–Crippen MR) is 43.8 cm³/mol. The van der Waals surface area contributed by atoms with Crippen LogP contribution >= 0.6 is 15.9 Å². The topological polar surface area (TPSA) is 50.2 Å². The van der Waals surface area contributed by atoms with Crippen LogP contribution in [0.5, 0.6) is 0 Å². The van der Waals surface area contributed by atoms with E-state index < -0.39 is 33.9 Å². The van der Waals surface area contributed by atoms with Gasteiger partial charge in [0.15, 0.2) is 5.82 Å². The van der Waals surface area contributed by atoms with Crippen LogP contribution in [0.15, 0.2) is 10.8 Å². The molecule has 1 N–H and O–H groups in total. The van der Waals surface area contributed by atoms with E-state index in [0.29, 0.717) is 6.20 Å². The van der Waals surface area contributed by atoms with Gasteiger partial charge in [0, 0.05) is 6.20 Å². The molecule has 0 aliphatic rings. The van der Waals surface area contributed by atoms with E-state index in [2.05, 4.69) is 20.9 Å². The fourth-order valence-corrected chi connectivity index (χ4v) is 1.27. The van der Waals surface area contributed by atoms with Gasteiger partial charge in [0.05, 0.1) is 5.56 Å². The average Bonchev–Trinajstić information content (AvgIpc) is 2.02. The van der Waals surface area contributed by atoms with Gasteiger partial charge in [-0.15, -0.1) is 0 Å². The first-order chi connectivity index (χ1) is 6.45. The van der Waals surface area contributed by atoms with E-state index in [9.17, 15) is 18.0 Å². The van der Waals surface area contributed by atoms with Crippen molar-refractivity contribution in [3.63, 3.8) is 0 Å². The molecule has 14 heavy (non-hydrogen) atoms. The van der Waals surface area contributed by atoms with Crippen LogP contribution < -0.4 is 0 Å². The van der Waals surface area contributed by atoms with E-state index in [0.717, 1.165) is 0 Å². The molecule has 0 saturated heterocycles. The highest BCUT2D eigenvalue weighted by Crippen LogP contribution is 2.29. The lowest BCUT2D eigenvalue weighted by Gasteiger charge is -2.05. The Morgan fingerprint density at radius 1 is 1.57 bits per heavy atom. The number of aromatic carboxylic acids is 1. The first-order valence-electron chi connectivity index (χ1n) is 3.30. The Morgan fingerprint density at radius 2 is 2.14 bits per heavy atom. The highest BCUT2D eigenvalue weighted by molar-refractivity contribution is 9.10. The smallest absolute Gasteiger partial charge is 0.340 e. The zero-order valence-corrected chi connectivity index (χ0v) is 8.06. The molecule has 0 aliphatic carbocycles. The summed E-state index contributed by atoms with van der Waals surface area (Å²) in [6.45, 7) is 0. The van der Waals surface area contributed by atoms with Crippen LogP contribution in [0.1, 0.15) is 22.3 Å². The van der Waals surface area contributed by atoms with Gasteiger partial charge in [-0.3, -0.25) is 0 Å². The van der Waals surface area contributed by atoms with Crippen molar-refractivity contribution in [3.8, 4) is 0 Å². The molecule has 0 aliphatic heterocycles. The number of carboxylic acids is 1. The molecule has 0 bridgehead atoms. The molecule has 7 heteroatoms. The van der Waals surface area contributed by atoms with Crippen LogP contribution in [0.2, 0.25) is 0 Å². The van der Waals surface area contributed by atoms with Gasteiger partial charge in [0.25, 0.3) is 6.43 Å². The molecule has 0 unspecified atom stereocenters. The third-order valence-electron chi connectivity index (χ3n) is 1.45. The van der Waals surface area contributed by atoms with E-state index in [1.165, 1.54) is 0 Å². The van der Waals surface area contributed by atoms with Gasteiger partial charge in [-0.05, 0) is 15.9 Å². The number of alkyl halides is 2. The summed E-state index contributed by atoms with van der Waals surface area (Å²) in [6, 6.07) is 0. The molecule has 0 saturated carbocycles. The number of hydrogen-bond acceptors (Lipinski definition) is 2. The molecule has 0 radical (unpaired) electrons. The fraction of sp³-hybridized carbons (Fsp3) is 0.143. The van der Waals surface area contributed by atoms with Crippen molar-refractivity contribution in [2.75, 3.05) is 0 Å². The number of hydrogen-bond donors (Lipinski definition) is 1. The van der Waals surface area contributed by atoms with Crippen molar-refractivity contribution in [2.45, 2.75) is 6.43 Å². The number of carbonyl (C=O) groups is 1. The molecule has 0 aromatic carbocycles. The summed E-state index contributed by atoms with van der Waals surface area (Å²) in [6.07, 6.45) is -2.44. The molecule has 0 amide bonds. The number of rotatable bonds is 2. The van der Waals surface area contributed by atoms with E-state index >= 15 is 0 Å². The molecule has 76 valence electrons. The quantitative estimate of drug-likeness (QED) is 0.840. The van der Waals surface area contributed by atoms with E-state index in [1.807, 2.05) is 0 Å². The van der Waals surface area contributed by atoms with Crippen molar-refractivity contribution in [2.24, 2.45) is 0 Å². The predicted octanol–water partition coefficient (Wildman–Crippen LogP) is 2.62. The van der Waals surface area contributed by atoms with Crippen molar-refractivity contribution in [1.29, 1.82) is 0 Å². The second-order valence-corrected chi connectivity index (χ2v) is 3.05. The lowest BCUT2D eigenvalue weighted by molar-refractivity contribution is 0.0689. The SMILES string of the molecule is O=C(O)c1cnc(Br)c(C(F)F)c1F. The minimum absolute atomic E-state index is 0.394. The number of carboxylic acid groups (broad SMARTS) is 1. The van der Waals surface area contributed by atoms with E-state index in [-0.39, 0.29) is 0 Å². The minimum atomic E-state index is -3.11. The van der Waals surface area contributed by atoms with Gasteiger partial charge in [-0.2, -0.15) is 0 Å². The first kappa shape index (κ1) is 11.0. The van der Waals surface area contributed by atoms with Gasteiger partial charge >= 0.3 is 5.97 Å². The summed E-state index contributed by atoms with van der Waals surface area (Å²) >= 11 is 2.61. The second-order valence-electron chi connectivity index (χ2n) is 2.30. The van der Waals surface area contributed by atoms with Crippen LogP contribution in [0, 0.1) is 5.82 Å².